The average Bonchev–Trinajstić information content (AvgIpc) is 3.16. The van der Waals surface area contributed by atoms with Gasteiger partial charge in [-0.15, -0.1) is 0 Å². The van der Waals surface area contributed by atoms with E-state index < -0.39 is 11.1 Å². The lowest BCUT2D eigenvalue weighted by molar-refractivity contribution is -0.134. The highest BCUT2D eigenvalue weighted by molar-refractivity contribution is 6.07. The Kier molecular flexibility index (Phi) is 11.0. The van der Waals surface area contributed by atoms with Gasteiger partial charge in [0, 0.05) is 32.0 Å². The summed E-state index contributed by atoms with van der Waals surface area (Å²) in [6, 6.07) is 7.88. The molecule has 1 saturated heterocycles. The van der Waals surface area contributed by atoms with Crippen molar-refractivity contribution in [1.29, 1.82) is 0 Å². The first-order valence-electron chi connectivity index (χ1n) is 15.0. The van der Waals surface area contributed by atoms with E-state index in [1.165, 1.54) is 0 Å². The number of piperidine rings is 1. The smallest absolute Gasteiger partial charge is 0.410 e. The fourth-order valence-electron chi connectivity index (χ4n) is 5.51. The van der Waals surface area contributed by atoms with Crippen LogP contribution in [-0.2, 0) is 27.4 Å². The van der Waals surface area contributed by atoms with Crippen LogP contribution in [0.3, 0.4) is 0 Å². The Morgan fingerprint density at radius 2 is 1.77 bits per heavy atom. The number of rotatable bonds is 12. The summed E-state index contributed by atoms with van der Waals surface area (Å²) < 4.78 is 5.62. The zero-order valence-corrected chi connectivity index (χ0v) is 25.1. The Balaban J connectivity index is 1.68. The SMILES string of the molecule is CCCCCC(=O)NCc1ccc(CN2C(=O)C(CCCC)(C3CCCN(C(=O)OC(C)(C)C)C3)N=C2N)cc1. The van der Waals surface area contributed by atoms with Gasteiger partial charge in [-0.2, -0.15) is 0 Å². The molecule has 0 aliphatic carbocycles. The molecule has 0 aromatic heterocycles. The van der Waals surface area contributed by atoms with Crippen LogP contribution in [0.4, 0.5) is 4.79 Å². The number of amides is 3. The van der Waals surface area contributed by atoms with E-state index in [-0.39, 0.29) is 29.8 Å². The number of ether oxygens (including phenoxy) is 1. The number of unbranched alkanes of at least 4 members (excludes halogenated alkanes) is 3. The number of nitrogens with two attached hydrogens (primary N) is 1. The van der Waals surface area contributed by atoms with Gasteiger partial charge in [0.15, 0.2) is 5.96 Å². The molecule has 3 N–H and O–H groups in total. The van der Waals surface area contributed by atoms with Gasteiger partial charge in [-0.05, 0) is 57.6 Å². The van der Waals surface area contributed by atoms with Crippen LogP contribution in [0.15, 0.2) is 29.3 Å². The highest BCUT2D eigenvalue weighted by Crippen LogP contribution is 2.40. The number of carbonyl (C=O) groups excluding carboxylic acids is 3. The van der Waals surface area contributed by atoms with Crippen LogP contribution in [0.2, 0.25) is 0 Å². The number of carbonyl (C=O) groups is 3. The second-order valence-corrected chi connectivity index (χ2v) is 12.2. The van der Waals surface area contributed by atoms with Gasteiger partial charge < -0.3 is 20.7 Å². The number of nitrogens with zero attached hydrogens (tertiary/aromatic N) is 3. The average molecular weight is 556 g/mol. The molecule has 3 rings (SSSR count). The van der Waals surface area contributed by atoms with Crippen molar-refractivity contribution < 1.29 is 19.1 Å². The number of likely N-dealkylation sites (tertiary alicyclic amines) is 1. The van der Waals surface area contributed by atoms with Crippen molar-refractivity contribution in [1.82, 2.24) is 15.1 Å². The molecule has 40 heavy (non-hydrogen) atoms. The predicted molar refractivity (Wildman–Crippen MR) is 157 cm³/mol. The topological polar surface area (TPSA) is 117 Å². The van der Waals surface area contributed by atoms with Crippen molar-refractivity contribution in [2.24, 2.45) is 16.6 Å². The van der Waals surface area contributed by atoms with Gasteiger partial charge in [0.25, 0.3) is 5.91 Å². The summed E-state index contributed by atoms with van der Waals surface area (Å²) in [5.41, 5.74) is 6.80. The molecular weight excluding hydrogens is 506 g/mol. The predicted octanol–water partition coefficient (Wildman–Crippen LogP) is 5.12. The fraction of sp³-hybridized carbons (Fsp3) is 0.677. The molecule has 222 valence electrons. The molecule has 1 aromatic carbocycles. The number of hydrogen-bond donors (Lipinski definition) is 2. The van der Waals surface area contributed by atoms with Crippen LogP contribution in [0, 0.1) is 5.92 Å². The summed E-state index contributed by atoms with van der Waals surface area (Å²) in [6.45, 7) is 11.6. The maximum atomic E-state index is 14.1. The van der Waals surface area contributed by atoms with E-state index in [9.17, 15) is 14.4 Å². The van der Waals surface area contributed by atoms with Gasteiger partial charge in [0.2, 0.25) is 5.91 Å². The van der Waals surface area contributed by atoms with Gasteiger partial charge >= 0.3 is 6.09 Å². The molecule has 2 atom stereocenters. The second-order valence-electron chi connectivity index (χ2n) is 12.2. The highest BCUT2D eigenvalue weighted by Gasteiger charge is 2.53. The van der Waals surface area contributed by atoms with Gasteiger partial charge in [-0.1, -0.05) is 63.8 Å². The molecule has 1 fully saturated rings. The zero-order valence-electron chi connectivity index (χ0n) is 25.1. The minimum atomic E-state index is -0.969. The Labute approximate surface area is 239 Å². The molecule has 1 aromatic rings. The summed E-state index contributed by atoms with van der Waals surface area (Å²) >= 11 is 0. The van der Waals surface area contributed by atoms with Crippen molar-refractivity contribution in [3.63, 3.8) is 0 Å². The van der Waals surface area contributed by atoms with Crippen LogP contribution in [0.5, 0.6) is 0 Å². The first kappa shape index (κ1) is 31.4. The molecule has 0 bridgehead atoms. The molecule has 2 aliphatic heterocycles. The third-order valence-electron chi connectivity index (χ3n) is 7.73. The van der Waals surface area contributed by atoms with E-state index in [1.807, 2.05) is 45.0 Å². The molecule has 0 spiro atoms. The summed E-state index contributed by atoms with van der Waals surface area (Å²) in [5, 5.41) is 2.98. The maximum Gasteiger partial charge on any atom is 0.410 e. The van der Waals surface area contributed by atoms with Crippen molar-refractivity contribution in [2.45, 2.75) is 117 Å². The van der Waals surface area contributed by atoms with Gasteiger partial charge in [-0.25, -0.2) is 9.79 Å². The number of nitrogens with one attached hydrogen (secondary N) is 1. The van der Waals surface area contributed by atoms with E-state index in [2.05, 4.69) is 19.2 Å². The van der Waals surface area contributed by atoms with Crippen molar-refractivity contribution >= 4 is 23.9 Å². The Bertz CT molecular complexity index is 1050. The van der Waals surface area contributed by atoms with E-state index in [1.54, 1.807) is 9.80 Å². The minimum absolute atomic E-state index is 0.0699. The molecule has 9 nitrogen and oxygen atoms in total. The lowest BCUT2D eigenvalue weighted by atomic mass is 9.75. The Hall–Kier alpha value is -3.10. The van der Waals surface area contributed by atoms with Crippen LogP contribution in [0.25, 0.3) is 0 Å². The van der Waals surface area contributed by atoms with Crippen molar-refractivity contribution in [3.8, 4) is 0 Å². The lowest BCUT2D eigenvalue weighted by Gasteiger charge is -2.41. The summed E-state index contributed by atoms with van der Waals surface area (Å²) in [7, 11) is 0. The van der Waals surface area contributed by atoms with Crippen molar-refractivity contribution in [2.75, 3.05) is 13.1 Å². The van der Waals surface area contributed by atoms with E-state index in [4.69, 9.17) is 15.5 Å². The van der Waals surface area contributed by atoms with Crippen LogP contribution in [-0.4, -0.2) is 57.9 Å². The van der Waals surface area contributed by atoms with Gasteiger partial charge in [0.1, 0.15) is 11.1 Å². The van der Waals surface area contributed by atoms with E-state index >= 15 is 0 Å². The molecule has 2 aliphatic rings. The third-order valence-corrected chi connectivity index (χ3v) is 7.73. The molecule has 2 unspecified atom stereocenters. The fourth-order valence-corrected chi connectivity index (χ4v) is 5.51. The molecule has 0 saturated carbocycles. The Morgan fingerprint density at radius 3 is 2.42 bits per heavy atom. The number of aliphatic imine (C=N–C) groups is 1. The zero-order chi connectivity index (χ0) is 29.3. The van der Waals surface area contributed by atoms with Crippen molar-refractivity contribution in [3.05, 3.63) is 35.4 Å². The first-order chi connectivity index (χ1) is 19.0. The van der Waals surface area contributed by atoms with Gasteiger partial charge in [0.05, 0.1) is 6.54 Å². The third kappa shape index (κ3) is 8.21. The Morgan fingerprint density at radius 1 is 1.10 bits per heavy atom. The van der Waals surface area contributed by atoms with Gasteiger partial charge in [-0.3, -0.25) is 14.5 Å². The van der Waals surface area contributed by atoms with Crippen LogP contribution in [0.1, 0.15) is 104 Å². The molecule has 0 radical (unpaired) electrons. The van der Waals surface area contributed by atoms with Crippen LogP contribution >= 0.6 is 0 Å². The number of benzene rings is 1. The number of guanidine groups is 1. The standard InChI is InChI=1S/C31H49N5O4/c1-6-8-10-13-26(37)33-20-23-14-16-24(17-15-23)21-36-27(38)31(18-9-7-2,34-28(36)32)25-12-11-19-35(22-25)29(39)40-30(3,4)5/h14-17,25H,6-13,18-22H2,1-5H3,(H2,32,34)(H,33,37). The highest BCUT2D eigenvalue weighted by atomic mass is 16.6. The minimum Gasteiger partial charge on any atom is -0.444 e. The van der Waals surface area contributed by atoms with Crippen LogP contribution < -0.4 is 11.1 Å². The molecule has 9 heteroatoms. The van der Waals surface area contributed by atoms with E-state index in [0.717, 1.165) is 56.1 Å². The largest absolute Gasteiger partial charge is 0.444 e. The molecule has 2 heterocycles. The first-order valence-corrected chi connectivity index (χ1v) is 15.0. The van der Waals surface area contributed by atoms with E-state index in [0.29, 0.717) is 39.0 Å². The molecular formula is C31H49N5O4. The monoisotopic (exact) mass is 555 g/mol. The summed E-state index contributed by atoms with van der Waals surface area (Å²) in [5.74, 6) is 0.0945. The summed E-state index contributed by atoms with van der Waals surface area (Å²) in [4.78, 5) is 47.1. The number of hydrogen-bond acceptors (Lipinski definition) is 6. The quantitative estimate of drug-likeness (QED) is 0.347. The second kappa shape index (κ2) is 14.0. The normalized spacial score (nSPS) is 21.4. The summed E-state index contributed by atoms with van der Waals surface area (Å²) in [6.07, 6.45) is 7.24. The molecule has 3 amide bonds. The lowest BCUT2D eigenvalue weighted by Crippen LogP contribution is -2.54. The maximum absolute atomic E-state index is 14.1.